The lowest BCUT2D eigenvalue weighted by molar-refractivity contribution is 0.218. The van der Waals surface area contributed by atoms with Crippen molar-refractivity contribution in [2.24, 2.45) is 5.92 Å². The lowest BCUT2D eigenvalue weighted by atomic mass is 10.0. The molecule has 0 aromatic carbocycles. The molecule has 0 bridgehead atoms. The summed E-state index contributed by atoms with van der Waals surface area (Å²) in [5.41, 5.74) is 0. The van der Waals surface area contributed by atoms with Crippen molar-refractivity contribution in [1.82, 2.24) is 10.2 Å². The zero-order valence-corrected chi connectivity index (χ0v) is 12.2. The highest BCUT2D eigenvalue weighted by Gasteiger charge is 2.11. The highest BCUT2D eigenvalue weighted by Crippen LogP contribution is 2.10. The van der Waals surface area contributed by atoms with Gasteiger partial charge in [0.1, 0.15) is 0 Å². The number of hydrogen-bond donors (Lipinski definition) is 1. The van der Waals surface area contributed by atoms with Crippen molar-refractivity contribution in [3.8, 4) is 0 Å². The highest BCUT2D eigenvalue weighted by molar-refractivity contribution is 4.68. The van der Waals surface area contributed by atoms with Gasteiger partial charge in [-0.25, -0.2) is 0 Å². The summed E-state index contributed by atoms with van der Waals surface area (Å²) in [6.45, 7) is 13.8. The second-order valence-electron chi connectivity index (χ2n) is 5.60. The van der Waals surface area contributed by atoms with E-state index in [1.807, 2.05) is 0 Å². The maximum Gasteiger partial charge on any atom is 0.00663 e. The molecule has 98 valence electrons. The third kappa shape index (κ3) is 8.12. The first-order valence-corrected chi connectivity index (χ1v) is 6.91. The first-order valence-electron chi connectivity index (χ1n) is 6.91. The number of nitrogens with one attached hydrogen (secondary N) is 1. The lowest BCUT2D eigenvalue weighted by Gasteiger charge is -2.27. The molecule has 0 rings (SSSR count). The van der Waals surface area contributed by atoms with Gasteiger partial charge in [-0.3, -0.25) is 0 Å². The van der Waals surface area contributed by atoms with E-state index in [4.69, 9.17) is 0 Å². The van der Waals surface area contributed by atoms with Gasteiger partial charge < -0.3 is 10.2 Å². The van der Waals surface area contributed by atoms with E-state index in [1.54, 1.807) is 0 Å². The van der Waals surface area contributed by atoms with Gasteiger partial charge in [-0.15, -0.1) is 0 Å². The van der Waals surface area contributed by atoms with Gasteiger partial charge in [0.2, 0.25) is 0 Å². The van der Waals surface area contributed by atoms with Crippen LogP contribution in [0.4, 0.5) is 0 Å². The molecule has 0 spiro atoms. The standard InChI is InChI=1S/C14H32N2/c1-7-9-15-13(4)8-10-16(6)14(5)11-12(2)3/h12-15H,7-11H2,1-6H3. The summed E-state index contributed by atoms with van der Waals surface area (Å²) in [5, 5.41) is 3.54. The molecule has 0 aliphatic heterocycles. The normalized spacial score (nSPS) is 15.8. The van der Waals surface area contributed by atoms with Crippen molar-refractivity contribution in [3.05, 3.63) is 0 Å². The molecule has 2 heteroatoms. The Hall–Kier alpha value is -0.0800. The average Bonchev–Trinajstić information content (AvgIpc) is 2.21. The zero-order valence-electron chi connectivity index (χ0n) is 12.2. The Labute approximate surface area is 103 Å². The van der Waals surface area contributed by atoms with E-state index < -0.39 is 0 Å². The summed E-state index contributed by atoms with van der Waals surface area (Å²) >= 11 is 0. The molecule has 0 saturated heterocycles. The van der Waals surface area contributed by atoms with Gasteiger partial charge in [-0.05, 0) is 59.2 Å². The Balaban J connectivity index is 3.66. The van der Waals surface area contributed by atoms with Crippen molar-refractivity contribution in [2.75, 3.05) is 20.1 Å². The molecule has 0 saturated carbocycles. The molecule has 2 atom stereocenters. The van der Waals surface area contributed by atoms with Crippen LogP contribution in [0.5, 0.6) is 0 Å². The van der Waals surface area contributed by atoms with Gasteiger partial charge in [0.05, 0.1) is 0 Å². The minimum atomic E-state index is 0.647. The van der Waals surface area contributed by atoms with E-state index in [1.165, 1.54) is 25.8 Å². The Morgan fingerprint density at radius 3 is 2.25 bits per heavy atom. The average molecular weight is 228 g/mol. The van der Waals surface area contributed by atoms with E-state index in [0.29, 0.717) is 12.1 Å². The maximum atomic E-state index is 3.54. The van der Waals surface area contributed by atoms with Crippen molar-refractivity contribution in [3.63, 3.8) is 0 Å². The molecule has 0 fully saturated rings. The van der Waals surface area contributed by atoms with Gasteiger partial charge in [0.25, 0.3) is 0 Å². The predicted octanol–water partition coefficient (Wildman–Crippen LogP) is 3.13. The van der Waals surface area contributed by atoms with Crippen LogP contribution in [0.1, 0.15) is 53.9 Å². The van der Waals surface area contributed by atoms with Gasteiger partial charge in [0, 0.05) is 12.1 Å². The molecule has 2 unspecified atom stereocenters. The van der Waals surface area contributed by atoms with Crippen LogP contribution in [-0.4, -0.2) is 37.1 Å². The van der Waals surface area contributed by atoms with E-state index in [2.05, 4.69) is 51.9 Å². The van der Waals surface area contributed by atoms with E-state index in [9.17, 15) is 0 Å². The third-order valence-electron chi connectivity index (χ3n) is 3.22. The Kier molecular flexibility index (Phi) is 8.96. The fourth-order valence-electron chi connectivity index (χ4n) is 1.97. The molecular weight excluding hydrogens is 196 g/mol. The van der Waals surface area contributed by atoms with Crippen LogP contribution in [-0.2, 0) is 0 Å². The molecular formula is C14H32N2. The third-order valence-corrected chi connectivity index (χ3v) is 3.22. The van der Waals surface area contributed by atoms with Crippen LogP contribution < -0.4 is 5.32 Å². The Bertz CT molecular complexity index is 157. The Morgan fingerprint density at radius 1 is 1.12 bits per heavy atom. The molecule has 2 nitrogen and oxygen atoms in total. The first kappa shape index (κ1) is 15.9. The number of rotatable bonds is 9. The van der Waals surface area contributed by atoms with Crippen LogP contribution in [0, 0.1) is 5.92 Å². The quantitative estimate of drug-likeness (QED) is 0.652. The Morgan fingerprint density at radius 2 is 1.75 bits per heavy atom. The fourth-order valence-corrected chi connectivity index (χ4v) is 1.97. The van der Waals surface area contributed by atoms with Crippen molar-refractivity contribution < 1.29 is 0 Å². The fraction of sp³-hybridized carbons (Fsp3) is 1.00. The first-order chi connectivity index (χ1) is 7.47. The molecule has 0 aliphatic rings. The summed E-state index contributed by atoms with van der Waals surface area (Å²) in [7, 11) is 2.25. The number of hydrogen-bond acceptors (Lipinski definition) is 2. The molecule has 0 heterocycles. The summed E-state index contributed by atoms with van der Waals surface area (Å²) in [6.07, 6.45) is 3.77. The molecule has 16 heavy (non-hydrogen) atoms. The second kappa shape index (κ2) is 9.00. The summed E-state index contributed by atoms with van der Waals surface area (Å²) in [6, 6.07) is 1.35. The number of nitrogens with zero attached hydrogens (tertiary/aromatic N) is 1. The smallest absolute Gasteiger partial charge is 0.00663 e. The summed E-state index contributed by atoms with van der Waals surface area (Å²) in [5.74, 6) is 0.799. The van der Waals surface area contributed by atoms with Gasteiger partial charge in [-0.2, -0.15) is 0 Å². The summed E-state index contributed by atoms with van der Waals surface area (Å²) < 4.78 is 0. The van der Waals surface area contributed by atoms with Crippen LogP contribution in [0.3, 0.4) is 0 Å². The minimum Gasteiger partial charge on any atom is -0.314 e. The van der Waals surface area contributed by atoms with Crippen molar-refractivity contribution in [1.29, 1.82) is 0 Å². The topological polar surface area (TPSA) is 15.3 Å². The van der Waals surface area contributed by atoms with Gasteiger partial charge in [0.15, 0.2) is 0 Å². The van der Waals surface area contributed by atoms with Crippen LogP contribution >= 0.6 is 0 Å². The minimum absolute atomic E-state index is 0.647. The summed E-state index contributed by atoms with van der Waals surface area (Å²) in [4.78, 5) is 2.49. The SMILES string of the molecule is CCCNC(C)CCN(C)C(C)CC(C)C. The van der Waals surface area contributed by atoms with Gasteiger partial charge >= 0.3 is 0 Å². The molecule has 0 aromatic rings. The van der Waals surface area contributed by atoms with Crippen LogP contribution in [0.15, 0.2) is 0 Å². The van der Waals surface area contributed by atoms with E-state index in [-0.39, 0.29) is 0 Å². The predicted molar refractivity (Wildman–Crippen MR) is 73.9 cm³/mol. The van der Waals surface area contributed by atoms with Crippen molar-refractivity contribution in [2.45, 2.75) is 66.0 Å². The molecule has 0 aromatic heterocycles. The van der Waals surface area contributed by atoms with Gasteiger partial charge in [-0.1, -0.05) is 20.8 Å². The molecule has 0 radical (unpaired) electrons. The molecule has 0 aliphatic carbocycles. The van der Waals surface area contributed by atoms with Crippen molar-refractivity contribution >= 4 is 0 Å². The maximum absolute atomic E-state index is 3.54. The monoisotopic (exact) mass is 228 g/mol. The highest BCUT2D eigenvalue weighted by atomic mass is 15.1. The lowest BCUT2D eigenvalue weighted by Crippen LogP contribution is -2.35. The van der Waals surface area contributed by atoms with E-state index in [0.717, 1.165) is 12.5 Å². The second-order valence-corrected chi connectivity index (χ2v) is 5.60. The largest absolute Gasteiger partial charge is 0.314 e. The molecule has 0 amide bonds. The van der Waals surface area contributed by atoms with Crippen LogP contribution in [0.25, 0.3) is 0 Å². The van der Waals surface area contributed by atoms with E-state index >= 15 is 0 Å². The molecule has 1 N–H and O–H groups in total. The zero-order chi connectivity index (χ0) is 12.6. The van der Waals surface area contributed by atoms with Crippen LogP contribution in [0.2, 0.25) is 0 Å².